The van der Waals surface area contributed by atoms with Crippen molar-refractivity contribution in [2.24, 2.45) is 5.14 Å². The van der Waals surface area contributed by atoms with Crippen molar-refractivity contribution in [1.82, 2.24) is 0 Å². The van der Waals surface area contributed by atoms with E-state index in [-0.39, 0.29) is 21.4 Å². The molecule has 0 aliphatic heterocycles. The number of rotatable bonds is 1. The van der Waals surface area contributed by atoms with Crippen LogP contribution in [-0.4, -0.2) is 8.42 Å². The molecule has 4 N–H and O–H groups in total. The van der Waals surface area contributed by atoms with Crippen molar-refractivity contribution >= 4 is 15.7 Å². The van der Waals surface area contributed by atoms with Crippen LogP contribution in [0.1, 0.15) is 0 Å². The first-order chi connectivity index (χ1) is 5.00. The first-order valence-electron chi connectivity index (χ1n) is 2.88. The minimum Gasteiger partial charge on any atom is -0.399 e. The monoisotopic (exact) mass is 230 g/mol. The maximum Gasteiger partial charge on any atom is 0.238 e. The van der Waals surface area contributed by atoms with E-state index in [0.29, 0.717) is 5.69 Å². The second kappa shape index (κ2) is 3.89. The molecule has 70 valence electrons. The molecule has 4 nitrogen and oxygen atoms in total. The molecule has 0 atom stereocenters. The fourth-order valence-electron chi connectivity index (χ4n) is 0.658. The molecular formula is C6H8N2NiO2S. The normalized spacial score (nSPS) is 10.4. The van der Waals surface area contributed by atoms with E-state index in [2.05, 4.69) is 0 Å². The Kier molecular flexibility index (Phi) is 3.70. The zero-order valence-electron chi connectivity index (χ0n) is 6.01. The Balaban J connectivity index is 0.00000121. The first-order valence-corrected chi connectivity index (χ1v) is 4.43. The Labute approximate surface area is 80.9 Å². The van der Waals surface area contributed by atoms with E-state index in [1.165, 1.54) is 24.3 Å². The topological polar surface area (TPSA) is 86.2 Å². The van der Waals surface area contributed by atoms with E-state index >= 15 is 0 Å². The SMILES string of the molecule is Nc1ccc(S(N)(=O)=O)cc1.[Ni]. The summed E-state index contributed by atoms with van der Waals surface area (Å²) in [5.74, 6) is 0. The molecule has 0 saturated carbocycles. The van der Waals surface area contributed by atoms with Crippen LogP contribution < -0.4 is 10.9 Å². The summed E-state index contributed by atoms with van der Waals surface area (Å²) < 4.78 is 21.4. The van der Waals surface area contributed by atoms with Crippen molar-refractivity contribution < 1.29 is 24.9 Å². The van der Waals surface area contributed by atoms with E-state index < -0.39 is 10.0 Å². The van der Waals surface area contributed by atoms with Crippen LogP contribution in [-0.2, 0) is 26.5 Å². The van der Waals surface area contributed by atoms with Crippen molar-refractivity contribution in [3.8, 4) is 0 Å². The summed E-state index contributed by atoms with van der Waals surface area (Å²) in [7, 11) is -3.58. The standard InChI is InChI=1S/C6H8N2O2S.Ni/c7-5-1-3-6(4-2-5)11(8,9)10;/h1-4H,7H2,(H2,8,9,10);. The Morgan fingerprint density at radius 3 is 1.83 bits per heavy atom. The predicted octanol–water partition coefficient (Wildman–Crippen LogP) is -0.0863. The van der Waals surface area contributed by atoms with Gasteiger partial charge in [-0.25, -0.2) is 13.6 Å². The average Bonchev–Trinajstić information content (AvgIpc) is 1.86. The number of primary sulfonamides is 1. The number of sulfonamides is 1. The Hall–Kier alpha value is -0.576. The summed E-state index contributed by atoms with van der Waals surface area (Å²) in [6, 6.07) is 5.70. The third-order valence-electron chi connectivity index (χ3n) is 1.21. The second-order valence-corrected chi connectivity index (χ2v) is 3.68. The van der Waals surface area contributed by atoms with Crippen molar-refractivity contribution in [3.05, 3.63) is 24.3 Å². The molecule has 0 bridgehead atoms. The van der Waals surface area contributed by atoms with Crippen molar-refractivity contribution in [1.29, 1.82) is 0 Å². The number of hydrogen-bond donors (Lipinski definition) is 2. The number of anilines is 1. The van der Waals surface area contributed by atoms with Gasteiger partial charge in [0, 0.05) is 22.2 Å². The first kappa shape index (κ1) is 11.4. The molecule has 0 radical (unpaired) electrons. The maximum atomic E-state index is 10.7. The van der Waals surface area contributed by atoms with Gasteiger partial charge in [-0.3, -0.25) is 0 Å². The molecule has 0 aliphatic rings. The molecule has 12 heavy (non-hydrogen) atoms. The molecule has 0 heterocycles. The molecule has 0 fully saturated rings. The molecular weight excluding hydrogens is 223 g/mol. The van der Waals surface area contributed by atoms with Gasteiger partial charge in [-0.1, -0.05) is 0 Å². The number of nitrogen functional groups attached to an aromatic ring is 1. The fourth-order valence-corrected chi connectivity index (χ4v) is 1.17. The maximum absolute atomic E-state index is 10.7. The predicted molar refractivity (Wildman–Crippen MR) is 42.2 cm³/mol. The van der Waals surface area contributed by atoms with Gasteiger partial charge in [0.15, 0.2) is 0 Å². The third kappa shape index (κ3) is 2.81. The molecule has 0 saturated heterocycles. The van der Waals surface area contributed by atoms with Gasteiger partial charge in [0.05, 0.1) is 4.90 Å². The largest absolute Gasteiger partial charge is 0.399 e. The Morgan fingerprint density at radius 2 is 1.50 bits per heavy atom. The Bertz CT molecular complexity index is 346. The molecule has 6 heteroatoms. The molecule has 1 aromatic carbocycles. The molecule has 1 rings (SSSR count). The van der Waals surface area contributed by atoms with Crippen molar-refractivity contribution in [2.75, 3.05) is 5.73 Å². The summed E-state index contributed by atoms with van der Waals surface area (Å²) in [5.41, 5.74) is 5.85. The van der Waals surface area contributed by atoms with Gasteiger partial charge in [-0.15, -0.1) is 0 Å². The van der Waals surface area contributed by atoms with Crippen LogP contribution in [0.3, 0.4) is 0 Å². The number of hydrogen-bond acceptors (Lipinski definition) is 3. The summed E-state index contributed by atoms with van der Waals surface area (Å²) in [5, 5.41) is 4.84. The van der Waals surface area contributed by atoms with Crippen LogP contribution in [0, 0.1) is 0 Å². The zero-order valence-corrected chi connectivity index (χ0v) is 7.81. The third-order valence-corrected chi connectivity index (χ3v) is 2.14. The second-order valence-electron chi connectivity index (χ2n) is 2.11. The summed E-state index contributed by atoms with van der Waals surface area (Å²) >= 11 is 0. The molecule has 0 aliphatic carbocycles. The van der Waals surface area contributed by atoms with Gasteiger partial charge >= 0.3 is 0 Å². The van der Waals surface area contributed by atoms with Crippen LogP contribution in [0.25, 0.3) is 0 Å². The van der Waals surface area contributed by atoms with Crippen LogP contribution in [0.4, 0.5) is 5.69 Å². The van der Waals surface area contributed by atoms with Gasteiger partial charge in [-0.2, -0.15) is 0 Å². The number of benzene rings is 1. The molecule has 0 aromatic heterocycles. The summed E-state index contributed by atoms with van der Waals surface area (Å²) in [4.78, 5) is 0.0756. The van der Waals surface area contributed by atoms with E-state index in [0.717, 1.165) is 0 Å². The number of nitrogens with two attached hydrogens (primary N) is 2. The van der Waals surface area contributed by atoms with Gasteiger partial charge in [0.1, 0.15) is 0 Å². The van der Waals surface area contributed by atoms with Crippen molar-refractivity contribution in [3.63, 3.8) is 0 Å². The van der Waals surface area contributed by atoms with Crippen molar-refractivity contribution in [2.45, 2.75) is 4.90 Å². The van der Waals surface area contributed by atoms with E-state index in [9.17, 15) is 8.42 Å². The van der Waals surface area contributed by atoms with Gasteiger partial charge in [-0.05, 0) is 24.3 Å². The van der Waals surface area contributed by atoms with Crippen LogP contribution >= 0.6 is 0 Å². The smallest absolute Gasteiger partial charge is 0.238 e. The van der Waals surface area contributed by atoms with Gasteiger partial charge in [0.25, 0.3) is 0 Å². The van der Waals surface area contributed by atoms with E-state index in [4.69, 9.17) is 10.9 Å². The minimum atomic E-state index is -3.58. The zero-order chi connectivity index (χ0) is 8.48. The average molecular weight is 231 g/mol. The summed E-state index contributed by atoms with van der Waals surface area (Å²) in [6.45, 7) is 0. The minimum absolute atomic E-state index is 0. The van der Waals surface area contributed by atoms with E-state index in [1.54, 1.807) is 0 Å². The van der Waals surface area contributed by atoms with Crippen LogP contribution in [0.5, 0.6) is 0 Å². The van der Waals surface area contributed by atoms with Crippen LogP contribution in [0.15, 0.2) is 29.2 Å². The molecule has 0 unspecified atom stereocenters. The van der Waals surface area contributed by atoms with Gasteiger partial charge in [0.2, 0.25) is 10.0 Å². The molecule has 1 aromatic rings. The quantitative estimate of drug-likeness (QED) is 0.523. The van der Waals surface area contributed by atoms with Gasteiger partial charge < -0.3 is 5.73 Å². The van der Waals surface area contributed by atoms with Crippen LogP contribution in [0.2, 0.25) is 0 Å². The van der Waals surface area contributed by atoms with E-state index in [1.807, 2.05) is 0 Å². The summed E-state index contributed by atoms with van der Waals surface area (Å²) in [6.07, 6.45) is 0. The fraction of sp³-hybridized carbons (Fsp3) is 0. The molecule has 0 spiro atoms. The molecule has 0 amide bonds. The Morgan fingerprint density at radius 1 is 1.08 bits per heavy atom.